The van der Waals surface area contributed by atoms with Crippen molar-refractivity contribution < 1.29 is 14.7 Å². The van der Waals surface area contributed by atoms with Crippen LogP contribution in [-0.2, 0) is 6.54 Å². The highest BCUT2D eigenvalue weighted by molar-refractivity contribution is 6.15. The van der Waals surface area contributed by atoms with E-state index in [2.05, 4.69) is 13.8 Å². The Morgan fingerprint density at radius 1 is 0.615 bits per heavy atom. The Morgan fingerprint density at radius 2 is 1.05 bits per heavy atom. The van der Waals surface area contributed by atoms with Crippen LogP contribution in [0, 0.1) is 0 Å². The Morgan fingerprint density at radius 3 is 1.54 bits per heavy atom. The van der Waals surface area contributed by atoms with Gasteiger partial charge in [-0.3, -0.25) is 4.79 Å². The highest BCUT2D eigenvalue weighted by Gasteiger charge is 2.26. The minimum Gasteiger partial charge on any atom is -0.477 e. The van der Waals surface area contributed by atoms with E-state index in [-0.39, 0.29) is 11.5 Å². The van der Waals surface area contributed by atoms with Crippen LogP contribution in [0.3, 0.4) is 0 Å². The van der Waals surface area contributed by atoms with Crippen LogP contribution in [-0.4, -0.2) is 21.4 Å². The molecule has 0 aliphatic heterocycles. The van der Waals surface area contributed by atoms with Crippen molar-refractivity contribution in [3.05, 3.63) is 35.5 Å². The molecule has 220 valence electrons. The molecule has 1 aromatic carbocycles. The first-order valence-corrected chi connectivity index (χ1v) is 16.5. The van der Waals surface area contributed by atoms with Crippen LogP contribution >= 0.6 is 0 Å². The lowest BCUT2D eigenvalue weighted by atomic mass is 10.00. The quantitative estimate of drug-likeness (QED) is 0.101. The van der Waals surface area contributed by atoms with Gasteiger partial charge in [0.1, 0.15) is 5.69 Å². The predicted molar refractivity (Wildman–Crippen MR) is 166 cm³/mol. The van der Waals surface area contributed by atoms with Crippen LogP contribution in [0.1, 0.15) is 176 Å². The molecule has 0 unspecified atom stereocenters. The van der Waals surface area contributed by atoms with Crippen molar-refractivity contribution in [3.8, 4) is 0 Å². The Kier molecular flexibility index (Phi) is 17.6. The SMILES string of the molecule is CCCCCCCCCCCCCCCCCC(=O)c1c(C(=O)O)n(CCCCCCCC)c2ccccc12. The van der Waals surface area contributed by atoms with E-state index in [9.17, 15) is 14.7 Å². The molecule has 1 aromatic heterocycles. The Balaban J connectivity index is 1.73. The van der Waals surface area contributed by atoms with Crippen molar-refractivity contribution in [1.82, 2.24) is 4.57 Å². The van der Waals surface area contributed by atoms with E-state index in [1.807, 2.05) is 28.8 Å². The number of aromatic nitrogens is 1. The number of unbranched alkanes of at least 4 members (excludes halogenated alkanes) is 19. The summed E-state index contributed by atoms with van der Waals surface area (Å²) >= 11 is 0. The molecule has 2 aromatic rings. The largest absolute Gasteiger partial charge is 0.477 e. The van der Waals surface area contributed by atoms with Gasteiger partial charge < -0.3 is 9.67 Å². The molecular weight excluding hydrogens is 482 g/mol. The molecule has 0 atom stereocenters. The molecule has 0 aliphatic carbocycles. The average molecular weight is 540 g/mol. The second-order valence-electron chi connectivity index (χ2n) is 11.6. The summed E-state index contributed by atoms with van der Waals surface area (Å²) in [5.74, 6) is -1.00. The molecule has 0 amide bonds. The van der Waals surface area contributed by atoms with Crippen LogP contribution in [0.25, 0.3) is 10.9 Å². The third-order valence-electron chi connectivity index (χ3n) is 8.19. The smallest absolute Gasteiger partial charge is 0.353 e. The van der Waals surface area contributed by atoms with E-state index in [0.717, 1.165) is 43.0 Å². The maximum absolute atomic E-state index is 13.3. The van der Waals surface area contributed by atoms with Crippen molar-refractivity contribution >= 4 is 22.7 Å². The van der Waals surface area contributed by atoms with Crippen LogP contribution < -0.4 is 0 Å². The van der Waals surface area contributed by atoms with E-state index >= 15 is 0 Å². The van der Waals surface area contributed by atoms with Gasteiger partial charge in [0.05, 0.1) is 5.56 Å². The third kappa shape index (κ3) is 12.3. The van der Waals surface area contributed by atoms with Crippen molar-refractivity contribution in [2.75, 3.05) is 0 Å². The number of benzene rings is 1. The summed E-state index contributed by atoms with van der Waals surface area (Å²) in [6.45, 7) is 5.14. The fraction of sp³-hybridized carbons (Fsp3) is 0.714. The van der Waals surface area contributed by atoms with Gasteiger partial charge in [0, 0.05) is 23.9 Å². The van der Waals surface area contributed by atoms with Gasteiger partial charge in [-0.2, -0.15) is 0 Å². The summed E-state index contributed by atoms with van der Waals surface area (Å²) in [4.78, 5) is 25.6. The number of nitrogens with zero attached hydrogens (tertiary/aromatic N) is 1. The first-order valence-electron chi connectivity index (χ1n) is 16.5. The number of carbonyl (C=O) groups excluding carboxylic acids is 1. The van der Waals surface area contributed by atoms with Gasteiger partial charge in [0.25, 0.3) is 0 Å². The molecule has 0 saturated heterocycles. The maximum Gasteiger partial charge on any atom is 0.353 e. The minimum absolute atomic E-state index is 0.0139. The number of rotatable bonds is 25. The standard InChI is InChI=1S/C35H57NO3/c1-3-5-7-9-11-12-13-14-15-16-17-18-19-20-22-28-32(37)33-30-26-23-24-27-31(30)36(34(33)35(38)39)29-25-21-10-8-6-4-2/h23-24,26-27H,3-22,25,28-29H2,1-2H3,(H,38,39). The van der Waals surface area contributed by atoms with Gasteiger partial charge in [0.2, 0.25) is 0 Å². The van der Waals surface area contributed by atoms with Gasteiger partial charge in [0.15, 0.2) is 5.78 Å². The number of aromatic carboxylic acids is 1. The highest BCUT2D eigenvalue weighted by atomic mass is 16.4. The average Bonchev–Trinajstić information content (AvgIpc) is 3.27. The summed E-state index contributed by atoms with van der Waals surface area (Å²) in [5.41, 5.74) is 1.49. The lowest BCUT2D eigenvalue weighted by molar-refractivity contribution is 0.0680. The molecule has 0 bridgehead atoms. The number of aryl methyl sites for hydroxylation is 1. The molecule has 0 aliphatic rings. The molecule has 4 nitrogen and oxygen atoms in total. The normalized spacial score (nSPS) is 11.4. The summed E-state index contributed by atoms with van der Waals surface area (Å²) in [5, 5.41) is 10.9. The van der Waals surface area contributed by atoms with E-state index in [0.29, 0.717) is 18.5 Å². The number of hydrogen-bond acceptors (Lipinski definition) is 2. The molecule has 0 saturated carbocycles. The zero-order valence-electron chi connectivity index (χ0n) is 25.3. The van der Waals surface area contributed by atoms with E-state index in [4.69, 9.17) is 0 Å². The fourth-order valence-electron chi connectivity index (χ4n) is 5.87. The molecule has 4 heteroatoms. The highest BCUT2D eigenvalue weighted by Crippen LogP contribution is 2.29. The number of hydrogen-bond donors (Lipinski definition) is 1. The second kappa shape index (κ2) is 20.8. The first kappa shape index (κ1) is 33.1. The number of ketones is 1. The molecule has 1 heterocycles. The minimum atomic E-state index is -0.989. The Hall–Kier alpha value is -2.10. The Labute approximate surface area is 239 Å². The maximum atomic E-state index is 13.3. The monoisotopic (exact) mass is 539 g/mol. The van der Waals surface area contributed by atoms with Gasteiger partial charge in [-0.05, 0) is 18.9 Å². The lowest BCUT2D eigenvalue weighted by Crippen LogP contribution is -2.13. The lowest BCUT2D eigenvalue weighted by Gasteiger charge is -2.09. The summed E-state index contributed by atoms with van der Waals surface area (Å²) < 4.78 is 1.89. The summed E-state index contributed by atoms with van der Waals surface area (Å²) in [6.07, 6.45) is 26.7. The molecular formula is C35H57NO3. The summed E-state index contributed by atoms with van der Waals surface area (Å²) in [7, 11) is 0. The van der Waals surface area contributed by atoms with Crippen molar-refractivity contribution in [2.24, 2.45) is 0 Å². The topological polar surface area (TPSA) is 59.3 Å². The van der Waals surface area contributed by atoms with Gasteiger partial charge in [-0.15, -0.1) is 0 Å². The van der Waals surface area contributed by atoms with Crippen molar-refractivity contribution in [1.29, 1.82) is 0 Å². The first-order chi connectivity index (χ1) is 19.1. The van der Waals surface area contributed by atoms with Crippen LogP contribution in [0.5, 0.6) is 0 Å². The number of carboxylic acids is 1. The number of Topliss-reactive ketones (excluding diaryl/α,β-unsaturated/α-hetero) is 1. The van der Waals surface area contributed by atoms with Crippen LogP contribution in [0.15, 0.2) is 24.3 Å². The van der Waals surface area contributed by atoms with Crippen molar-refractivity contribution in [3.63, 3.8) is 0 Å². The van der Waals surface area contributed by atoms with E-state index in [1.165, 1.54) is 103 Å². The molecule has 0 fully saturated rings. The molecule has 2 rings (SSSR count). The van der Waals surface area contributed by atoms with Crippen LogP contribution in [0.2, 0.25) is 0 Å². The Bertz CT molecular complexity index is 945. The third-order valence-corrected chi connectivity index (χ3v) is 8.19. The van der Waals surface area contributed by atoms with Gasteiger partial charge in [-0.1, -0.05) is 154 Å². The number of carbonyl (C=O) groups is 2. The van der Waals surface area contributed by atoms with Crippen molar-refractivity contribution in [2.45, 2.75) is 162 Å². The van der Waals surface area contributed by atoms with E-state index < -0.39 is 5.97 Å². The molecule has 0 radical (unpaired) electrons. The predicted octanol–water partition coefficient (Wildman–Crippen LogP) is 11.1. The van der Waals surface area contributed by atoms with Gasteiger partial charge >= 0.3 is 5.97 Å². The number of fused-ring (bicyclic) bond motifs is 1. The van der Waals surface area contributed by atoms with E-state index in [1.54, 1.807) is 0 Å². The fourth-order valence-corrected chi connectivity index (χ4v) is 5.87. The number of para-hydroxylation sites is 1. The van der Waals surface area contributed by atoms with Crippen LogP contribution in [0.4, 0.5) is 0 Å². The summed E-state index contributed by atoms with van der Waals surface area (Å²) in [6, 6.07) is 7.73. The van der Waals surface area contributed by atoms with Gasteiger partial charge in [-0.25, -0.2) is 4.79 Å². The molecule has 1 N–H and O–H groups in total. The zero-order valence-corrected chi connectivity index (χ0v) is 25.3. The second-order valence-corrected chi connectivity index (χ2v) is 11.6. The zero-order chi connectivity index (χ0) is 28.1. The molecule has 0 spiro atoms. The number of carboxylic acid groups (broad SMARTS) is 1. The molecule has 39 heavy (non-hydrogen) atoms.